The third kappa shape index (κ3) is 1.95. The summed E-state index contributed by atoms with van der Waals surface area (Å²) in [6.07, 6.45) is 11.0. The average molecular weight is 235 g/mol. The lowest BCUT2D eigenvalue weighted by Gasteiger charge is -2.24. The number of nitrogens with zero attached hydrogens (tertiary/aromatic N) is 1. The Bertz CT molecular complexity index is 297. The number of likely N-dealkylation sites (N-methyl/N-ethyl adjacent to an activating group) is 1. The number of likely N-dealkylation sites (tertiary alicyclic amines) is 1. The molecule has 1 heterocycles. The smallest absolute Gasteiger partial charge is 0.137 e. The van der Waals surface area contributed by atoms with Crippen LogP contribution in [0.25, 0.3) is 0 Å². The van der Waals surface area contributed by atoms with Gasteiger partial charge in [0.25, 0.3) is 0 Å². The maximum atomic E-state index is 11.1. The van der Waals surface area contributed by atoms with Crippen molar-refractivity contribution in [2.24, 2.45) is 17.3 Å². The van der Waals surface area contributed by atoms with Crippen molar-refractivity contribution >= 4 is 6.29 Å². The number of aldehydes is 1. The molecule has 0 N–H and O–H groups in total. The Morgan fingerprint density at radius 2 is 2.00 bits per heavy atom. The van der Waals surface area contributed by atoms with Gasteiger partial charge in [-0.05, 0) is 36.6 Å². The largest absolute Gasteiger partial charge is 0.302 e. The Balaban J connectivity index is 1.64. The second kappa shape index (κ2) is 4.38. The molecule has 0 aromatic carbocycles. The normalized spacial score (nSPS) is 43.1. The molecule has 0 amide bonds. The monoisotopic (exact) mass is 235 g/mol. The lowest BCUT2D eigenvalue weighted by molar-refractivity contribution is -0.111. The van der Waals surface area contributed by atoms with Gasteiger partial charge in [-0.25, -0.2) is 0 Å². The fourth-order valence-electron chi connectivity index (χ4n) is 4.61. The molecule has 17 heavy (non-hydrogen) atoms. The summed E-state index contributed by atoms with van der Waals surface area (Å²) < 4.78 is 0. The van der Waals surface area contributed by atoms with Crippen LogP contribution in [0, 0.1) is 17.3 Å². The highest BCUT2D eigenvalue weighted by atomic mass is 16.1. The van der Waals surface area contributed by atoms with Gasteiger partial charge in [-0.2, -0.15) is 0 Å². The summed E-state index contributed by atoms with van der Waals surface area (Å²) in [5, 5.41) is 0. The minimum atomic E-state index is 0.230. The predicted octanol–water partition coefficient (Wildman–Crippen LogP) is 2.87. The van der Waals surface area contributed by atoms with E-state index >= 15 is 0 Å². The first kappa shape index (κ1) is 11.7. The third-order valence-electron chi connectivity index (χ3n) is 5.64. The van der Waals surface area contributed by atoms with Crippen LogP contribution in [0.3, 0.4) is 0 Å². The second-order valence-corrected chi connectivity index (χ2v) is 6.54. The molecule has 1 spiro atoms. The Hall–Kier alpha value is -0.370. The first-order chi connectivity index (χ1) is 8.29. The number of carbonyl (C=O) groups is 1. The van der Waals surface area contributed by atoms with E-state index in [1.165, 1.54) is 51.4 Å². The van der Waals surface area contributed by atoms with Crippen molar-refractivity contribution < 1.29 is 4.79 Å². The number of rotatable bonds is 3. The van der Waals surface area contributed by atoms with E-state index in [1.54, 1.807) is 0 Å². The summed E-state index contributed by atoms with van der Waals surface area (Å²) in [6.45, 7) is 4.43. The fourth-order valence-corrected chi connectivity index (χ4v) is 4.61. The number of hydrogen-bond donors (Lipinski definition) is 0. The topological polar surface area (TPSA) is 20.3 Å². The van der Waals surface area contributed by atoms with Gasteiger partial charge in [0, 0.05) is 6.54 Å². The maximum absolute atomic E-state index is 11.1. The molecule has 3 atom stereocenters. The van der Waals surface area contributed by atoms with Gasteiger partial charge in [0.1, 0.15) is 6.29 Å². The summed E-state index contributed by atoms with van der Waals surface area (Å²) in [7, 11) is 0. The zero-order valence-corrected chi connectivity index (χ0v) is 11.0. The van der Waals surface area contributed by atoms with Crippen molar-refractivity contribution in [3.8, 4) is 0 Å². The second-order valence-electron chi connectivity index (χ2n) is 6.54. The predicted molar refractivity (Wildman–Crippen MR) is 68.8 cm³/mol. The Kier molecular flexibility index (Phi) is 3.02. The van der Waals surface area contributed by atoms with E-state index < -0.39 is 0 Å². The van der Waals surface area contributed by atoms with Crippen LogP contribution in [0.1, 0.15) is 51.9 Å². The minimum absolute atomic E-state index is 0.230. The zero-order chi connectivity index (χ0) is 11.9. The van der Waals surface area contributed by atoms with E-state index in [-0.39, 0.29) is 6.04 Å². The first-order valence-corrected chi connectivity index (χ1v) is 7.48. The molecule has 3 aliphatic rings. The van der Waals surface area contributed by atoms with Crippen molar-refractivity contribution in [1.29, 1.82) is 0 Å². The molecule has 3 rings (SSSR count). The highest BCUT2D eigenvalue weighted by molar-refractivity contribution is 5.59. The molecule has 0 aromatic heterocycles. The van der Waals surface area contributed by atoms with Gasteiger partial charge in [-0.15, -0.1) is 0 Å². The molecule has 2 heteroatoms. The van der Waals surface area contributed by atoms with Crippen LogP contribution < -0.4 is 0 Å². The van der Waals surface area contributed by atoms with Gasteiger partial charge in [-0.3, -0.25) is 4.90 Å². The van der Waals surface area contributed by atoms with Crippen molar-refractivity contribution in [2.75, 3.05) is 13.1 Å². The summed E-state index contributed by atoms with van der Waals surface area (Å²) in [4.78, 5) is 13.5. The van der Waals surface area contributed by atoms with Crippen LogP contribution in [-0.4, -0.2) is 30.3 Å². The summed E-state index contributed by atoms with van der Waals surface area (Å²) in [5.41, 5.74) is 0.559. The molecule has 0 aromatic rings. The lowest BCUT2D eigenvalue weighted by atomic mass is 9.82. The SMILES string of the molecule is CCN1C[C@@]2(CC2C2CCCCC2)C[C@H]1C=O. The van der Waals surface area contributed by atoms with Crippen LogP contribution >= 0.6 is 0 Å². The van der Waals surface area contributed by atoms with Crippen molar-refractivity contribution in [3.05, 3.63) is 0 Å². The zero-order valence-electron chi connectivity index (χ0n) is 11.0. The number of carbonyl (C=O) groups excluding carboxylic acids is 1. The summed E-state index contributed by atoms with van der Waals surface area (Å²) in [5.74, 6) is 1.95. The molecular weight excluding hydrogens is 210 g/mol. The van der Waals surface area contributed by atoms with Gasteiger partial charge in [0.05, 0.1) is 6.04 Å². The highest BCUT2D eigenvalue weighted by Gasteiger charge is 2.61. The van der Waals surface area contributed by atoms with Gasteiger partial charge in [0.2, 0.25) is 0 Å². The lowest BCUT2D eigenvalue weighted by Crippen LogP contribution is -2.30. The van der Waals surface area contributed by atoms with Crippen LogP contribution in [0.2, 0.25) is 0 Å². The molecule has 96 valence electrons. The molecule has 3 fully saturated rings. The molecule has 1 aliphatic heterocycles. The standard InChI is InChI=1S/C15H25NO/c1-2-16-11-15(8-13(16)10-17)9-14(15)12-6-4-3-5-7-12/h10,12-14H,2-9,11H2,1H3/t13-,14?,15-/m0/s1. The highest BCUT2D eigenvalue weighted by Crippen LogP contribution is 2.64. The quantitative estimate of drug-likeness (QED) is 0.701. The van der Waals surface area contributed by atoms with Crippen LogP contribution in [0.15, 0.2) is 0 Å². The van der Waals surface area contributed by atoms with E-state index in [1.807, 2.05) is 0 Å². The van der Waals surface area contributed by atoms with E-state index in [4.69, 9.17) is 0 Å². The first-order valence-electron chi connectivity index (χ1n) is 7.48. The van der Waals surface area contributed by atoms with Crippen LogP contribution in [0.4, 0.5) is 0 Å². The van der Waals surface area contributed by atoms with Gasteiger partial charge in [-0.1, -0.05) is 39.0 Å². The van der Waals surface area contributed by atoms with Crippen molar-refractivity contribution in [1.82, 2.24) is 4.90 Å². The molecule has 1 unspecified atom stereocenters. The van der Waals surface area contributed by atoms with Gasteiger partial charge in [0.15, 0.2) is 0 Å². The molecule has 2 aliphatic carbocycles. The van der Waals surface area contributed by atoms with E-state index in [0.717, 1.165) is 24.8 Å². The Morgan fingerprint density at radius 3 is 2.59 bits per heavy atom. The summed E-state index contributed by atoms with van der Waals surface area (Å²) in [6, 6.07) is 0.230. The molecule has 1 saturated heterocycles. The molecule has 0 radical (unpaired) electrons. The summed E-state index contributed by atoms with van der Waals surface area (Å²) >= 11 is 0. The third-order valence-corrected chi connectivity index (χ3v) is 5.64. The fraction of sp³-hybridized carbons (Fsp3) is 0.933. The van der Waals surface area contributed by atoms with E-state index in [9.17, 15) is 4.79 Å². The molecular formula is C15H25NO. The van der Waals surface area contributed by atoms with Crippen molar-refractivity contribution in [3.63, 3.8) is 0 Å². The van der Waals surface area contributed by atoms with E-state index in [2.05, 4.69) is 11.8 Å². The minimum Gasteiger partial charge on any atom is -0.302 e. The maximum Gasteiger partial charge on any atom is 0.137 e. The molecule has 2 nitrogen and oxygen atoms in total. The Morgan fingerprint density at radius 1 is 1.24 bits per heavy atom. The molecule has 2 saturated carbocycles. The Labute approximate surface area is 105 Å². The van der Waals surface area contributed by atoms with Gasteiger partial charge >= 0.3 is 0 Å². The van der Waals surface area contributed by atoms with E-state index in [0.29, 0.717) is 5.41 Å². The van der Waals surface area contributed by atoms with Crippen molar-refractivity contribution in [2.45, 2.75) is 57.9 Å². The molecule has 0 bridgehead atoms. The number of hydrogen-bond acceptors (Lipinski definition) is 2. The van der Waals surface area contributed by atoms with Crippen LogP contribution in [0.5, 0.6) is 0 Å². The average Bonchev–Trinajstić information content (AvgIpc) is 2.95. The van der Waals surface area contributed by atoms with Crippen LogP contribution in [-0.2, 0) is 4.79 Å². The van der Waals surface area contributed by atoms with Gasteiger partial charge < -0.3 is 4.79 Å².